The van der Waals surface area contributed by atoms with Gasteiger partial charge in [0.1, 0.15) is 6.10 Å². The first-order chi connectivity index (χ1) is 9.24. The van der Waals surface area contributed by atoms with Crippen molar-refractivity contribution in [3.8, 4) is 0 Å². The van der Waals surface area contributed by atoms with E-state index in [0.29, 0.717) is 11.1 Å². The number of hydrogen-bond acceptors (Lipinski definition) is 3. The first-order valence-electron chi connectivity index (χ1n) is 6.34. The van der Waals surface area contributed by atoms with E-state index in [2.05, 4.69) is 5.32 Å². The van der Waals surface area contributed by atoms with Gasteiger partial charge < -0.3 is 10.4 Å². The molecule has 0 saturated carbocycles. The number of benzene rings is 2. The first-order valence-corrected chi connectivity index (χ1v) is 6.34. The fourth-order valence-electron chi connectivity index (χ4n) is 1.98. The highest BCUT2D eigenvalue weighted by molar-refractivity contribution is 6.04. The summed E-state index contributed by atoms with van der Waals surface area (Å²) in [5.41, 5.74) is 1.88. The average molecular weight is 255 g/mol. The van der Waals surface area contributed by atoms with Crippen LogP contribution >= 0.6 is 0 Å². The number of aliphatic hydroxyl groups excluding tert-OH is 1. The standard InChI is InChI=1S/C16H17NO2/c1-2-17-14-11-7-6-10-13(14)16(19)15(18)12-8-4-3-5-9-12/h3-11,15,17-18H,2H2,1H3. The summed E-state index contributed by atoms with van der Waals surface area (Å²) in [5.74, 6) is -0.289. The molecule has 0 spiro atoms. The second-order valence-electron chi connectivity index (χ2n) is 4.25. The molecule has 19 heavy (non-hydrogen) atoms. The number of para-hydroxylation sites is 1. The van der Waals surface area contributed by atoms with Gasteiger partial charge in [0, 0.05) is 17.8 Å². The van der Waals surface area contributed by atoms with Gasteiger partial charge in [-0.1, -0.05) is 42.5 Å². The van der Waals surface area contributed by atoms with Crippen LogP contribution in [0.2, 0.25) is 0 Å². The number of hydrogen-bond donors (Lipinski definition) is 2. The van der Waals surface area contributed by atoms with E-state index in [0.717, 1.165) is 12.2 Å². The number of carbonyl (C=O) groups is 1. The molecule has 1 unspecified atom stereocenters. The van der Waals surface area contributed by atoms with Crippen molar-refractivity contribution in [2.24, 2.45) is 0 Å². The fourth-order valence-corrected chi connectivity index (χ4v) is 1.98. The quantitative estimate of drug-likeness (QED) is 0.807. The van der Waals surface area contributed by atoms with Crippen LogP contribution in [0.3, 0.4) is 0 Å². The van der Waals surface area contributed by atoms with E-state index in [9.17, 15) is 9.90 Å². The van der Waals surface area contributed by atoms with Crippen molar-refractivity contribution >= 4 is 11.5 Å². The second kappa shape index (κ2) is 6.16. The zero-order valence-corrected chi connectivity index (χ0v) is 10.8. The third-order valence-corrected chi connectivity index (χ3v) is 2.92. The number of Topliss-reactive ketones (excluding diaryl/α,β-unsaturated/α-hetero) is 1. The van der Waals surface area contributed by atoms with E-state index < -0.39 is 6.10 Å². The lowest BCUT2D eigenvalue weighted by Gasteiger charge is -2.13. The Balaban J connectivity index is 2.29. The molecule has 2 aromatic carbocycles. The maximum atomic E-state index is 12.4. The Hall–Kier alpha value is -2.13. The molecule has 0 radical (unpaired) electrons. The number of aliphatic hydroxyl groups is 1. The van der Waals surface area contributed by atoms with Crippen molar-refractivity contribution in [1.29, 1.82) is 0 Å². The van der Waals surface area contributed by atoms with E-state index in [1.54, 1.807) is 24.3 Å². The Morgan fingerprint density at radius 1 is 1.11 bits per heavy atom. The van der Waals surface area contributed by atoms with Crippen molar-refractivity contribution < 1.29 is 9.90 Å². The lowest BCUT2D eigenvalue weighted by molar-refractivity contribution is 0.0748. The Bertz CT molecular complexity index is 552. The molecule has 1 atom stereocenters. The van der Waals surface area contributed by atoms with E-state index in [1.807, 2.05) is 37.3 Å². The molecule has 0 fully saturated rings. The molecule has 0 aliphatic heterocycles. The minimum absolute atomic E-state index is 0.289. The number of carbonyl (C=O) groups excluding carboxylic acids is 1. The fraction of sp³-hybridized carbons (Fsp3) is 0.188. The summed E-state index contributed by atoms with van der Waals surface area (Å²) in [5, 5.41) is 13.3. The molecule has 0 bridgehead atoms. The van der Waals surface area contributed by atoms with Gasteiger partial charge in [-0.3, -0.25) is 4.79 Å². The van der Waals surface area contributed by atoms with Crippen LogP contribution in [0.25, 0.3) is 0 Å². The summed E-state index contributed by atoms with van der Waals surface area (Å²) in [4.78, 5) is 12.4. The number of ketones is 1. The SMILES string of the molecule is CCNc1ccccc1C(=O)C(O)c1ccccc1. The van der Waals surface area contributed by atoms with Crippen LogP contribution < -0.4 is 5.32 Å². The van der Waals surface area contributed by atoms with Crippen molar-refractivity contribution in [2.45, 2.75) is 13.0 Å². The number of nitrogens with one attached hydrogen (secondary N) is 1. The molecule has 3 heteroatoms. The predicted molar refractivity (Wildman–Crippen MR) is 76.3 cm³/mol. The van der Waals surface area contributed by atoms with Gasteiger partial charge in [0.05, 0.1) is 0 Å². The molecule has 2 aromatic rings. The molecule has 3 nitrogen and oxygen atoms in total. The van der Waals surface area contributed by atoms with Crippen molar-refractivity contribution in [3.63, 3.8) is 0 Å². The van der Waals surface area contributed by atoms with Crippen LogP contribution in [0.15, 0.2) is 54.6 Å². The van der Waals surface area contributed by atoms with Crippen molar-refractivity contribution in [3.05, 3.63) is 65.7 Å². The van der Waals surface area contributed by atoms with Gasteiger partial charge in [0.15, 0.2) is 5.78 Å². The summed E-state index contributed by atoms with van der Waals surface area (Å²) < 4.78 is 0. The molecule has 2 rings (SSSR count). The normalized spacial score (nSPS) is 11.9. The van der Waals surface area contributed by atoms with Gasteiger partial charge in [0.2, 0.25) is 0 Å². The Morgan fingerprint density at radius 3 is 2.42 bits per heavy atom. The summed E-state index contributed by atoms with van der Waals surface area (Å²) in [6.45, 7) is 2.70. The molecular formula is C16H17NO2. The van der Waals surface area contributed by atoms with Crippen molar-refractivity contribution in [1.82, 2.24) is 0 Å². The summed E-state index contributed by atoms with van der Waals surface area (Å²) in [6, 6.07) is 16.2. The van der Waals surface area contributed by atoms with Crippen LogP contribution in [0.1, 0.15) is 28.9 Å². The van der Waals surface area contributed by atoms with Crippen LogP contribution in [0.4, 0.5) is 5.69 Å². The minimum atomic E-state index is -1.12. The Morgan fingerprint density at radius 2 is 1.74 bits per heavy atom. The highest BCUT2D eigenvalue weighted by Gasteiger charge is 2.21. The number of anilines is 1. The molecule has 0 amide bonds. The van der Waals surface area contributed by atoms with Gasteiger partial charge in [-0.25, -0.2) is 0 Å². The van der Waals surface area contributed by atoms with Gasteiger partial charge in [-0.2, -0.15) is 0 Å². The Labute approximate surface area is 112 Å². The minimum Gasteiger partial charge on any atom is -0.385 e. The van der Waals surface area contributed by atoms with Crippen LogP contribution in [0.5, 0.6) is 0 Å². The first kappa shape index (κ1) is 13.3. The zero-order valence-electron chi connectivity index (χ0n) is 10.8. The van der Waals surface area contributed by atoms with E-state index in [1.165, 1.54) is 0 Å². The van der Waals surface area contributed by atoms with Gasteiger partial charge in [-0.05, 0) is 24.6 Å². The topological polar surface area (TPSA) is 49.3 Å². The van der Waals surface area contributed by atoms with Gasteiger partial charge in [-0.15, -0.1) is 0 Å². The third kappa shape index (κ3) is 3.01. The van der Waals surface area contributed by atoms with E-state index >= 15 is 0 Å². The smallest absolute Gasteiger partial charge is 0.197 e. The molecule has 0 aliphatic rings. The highest BCUT2D eigenvalue weighted by atomic mass is 16.3. The second-order valence-corrected chi connectivity index (χ2v) is 4.25. The maximum Gasteiger partial charge on any atom is 0.197 e. The average Bonchev–Trinajstić information content (AvgIpc) is 2.47. The van der Waals surface area contributed by atoms with Crippen molar-refractivity contribution in [2.75, 3.05) is 11.9 Å². The van der Waals surface area contributed by atoms with Gasteiger partial charge in [0.25, 0.3) is 0 Å². The zero-order chi connectivity index (χ0) is 13.7. The molecule has 98 valence electrons. The van der Waals surface area contributed by atoms with Crippen LogP contribution in [-0.4, -0.2) is 17.4 Å². The molecule has 0 aliphatic carbocycles. The summed E-state index contributed by atoms with van der Waals surface area (Å²) >= 11 is 0. The van der Waals surface area contributed by atoms with Crippen LogP contribution in [-0.2, 0) is 0 Å². The van der Waals surface area contributed by atoms with E-state index in [4.69, 9.17) is 0 Å². The highest BCUT2D eigenvalue weighted by Crippen LogP contribution is 2.23. The predicted octanol–water partition coefficient (Wildman–Crippen LogP) is 3.03. The molecule has 0 aromatic heterocycles. The summed E-state index contributed by atoms with van der Waals surface area (Å²) in [7, 11) is 0. The third-order valence-electron chi connectivity index (χ3n) is 2.92. The lowest BCUT2D eigenvalue weighted by Crippen LogP contribution is -2.14. The van der Waals surface area contributed by atoms with E-state index in [-0.39, 0.29) is 5.78 Å². The number of rotatable bonds is 5. The monoisotopic (exact) mass is 255 g/mol. The summed E-state index contributed by atoms with van der Waals surface area (Å²) in [6.07, 6.45) is -1.12. The Kier molecular flexibility index (Phi) is 4.31. The molecule has 2 N–H and O–H groups in total. The largest absolute Gasteiger partial charge is 0.385 e. The molecular weight excluding hydrogens is 238 g/mol. The van der Waals surface area contributed by atoms with Gasteiger partial charge >= 0.3 is 0 Å². The molecule has 0 saturated heterocycles. The van der Waals surface area contributed by atoms with Crippen LogP contribution in [0, 0.1) is 0 Å². The maximum absolute atomic E-state index is 12.4. The lowest BCUT2D eigenvalue weighted by atomic mass is 9.99. The molecule has 0 heterocycles.